The van der Waals surface area contributed by atoms with E-state index in [-0.39, 0.29) is 18.0 Å². The number of hydrogen-bond donors (Lipinski definition) is 0. The summed E-state index contributed by atoms with van der Waals surface area (Å²) < 4.78 is 19.1. The zero-order chi connectivity index (χ0) is 14.0. The maximum absolute atomic E-state index is 13.5. The number of hydrogen-bond acceptors (Lipinski definition) is 3. The molecule has 0 amide bonds. The Morgan fingerprint density at radius 2 is 2.11 bits per heavy atom. The van der Waals surface area contributed by atoms with Gasteiger partial charge in [0.1, 0.15) is 4.34 Å². The molecule has 0 aliphatic carbocycles. The smallest absolute Gasteiger partial charge is 0.169 e. The van der Waals surface area contributed by atoms with E-state index < -0.39 is 5.82 Å². The maximum Gasteiger partial charge on any atom is 0.169 e. The second-order valence-electron chi connectivity index (χ2n) is 3.81. The molecule has 0 bridgehead atoms. The van der Waals surface area contributed by atoms with Gasteiger partial charge in [0.2, 0.25) is 0 Å². The molecule has 0 atom stereocenters. The zero-order valence-corrected chi connectivity index (χ0v) is 12.2. The van der Waals surface area contributed by atoms with Gasteiger partial charge in [-0.3, -0.25) is 4.79 Å². The Morgan fingerprint density at radius 1 is 1.37 bits per heavy atom. The third-order valence-corrected chi connectivity index (χ3v) is 4.03. The average molecular weight is 319 g/mol. The topological polar surface area (TPSA) is 26.3 Å². The lowest BCUT2D eigenvalue weighted by Gasteiger charge is -2.04. The van der Waals surface area contributed by atoms with Crippen molar-refractivity contribution in [3.63, 3.8) is 0 Å². The highest BCUT2D eigenvalue weighted by Crippen LogP contribution is 2.32. The van der Waals surface area contributed by atoms with Crippen LogP contribution >= 0.6 is 34.5 Å². The van der Waals surface area contributed by atoms with Crippen LogP contribution in [-0.2, 0) is 6.42 Å². The van der Waals surface area contributed by atoms with Gasteiger partial charge in [-0.2, -0.15) is 0 Å². The van der Waals surface area contributed by atoms with Crippen LogP contribution in [0.15, 0.2) is 24.3 Å². The number of Topliss-reactive ketones (excluding diaryl/α,β-unsaturated/α-hetero) is 1. The lowest BCUT2D eigenvalue weighted by Crippen LogP contribution is -2.03. The molecule has 6 heteroatoms. The van der Waals surface area contributed by atoms with Gasteiger partial charge >= 0.3 is 0 Å². The number of ether oxygens (including phenoxy) is 1. The molecule has 0 spiro atoms. The molecule has 0 saturated heterocycles. The Bertz CT molecular complexity index is 625. The van der Waals surface area contributed by atoms with E-state index in [9.17, 15) is 9.18 Å². The van der Waals surface area contributed by atoms with E-state index in [1.165, 1.54) is 25.3 Å². The van der Waals surface area contributed by atoms with Crippen LogP contribution in [-0.4, -0.2) is 12.9 Å². The van der Waals surface area contributed by atoms with Crippen molar-refractivity contribution in [3.8, 4) is 5.75 Å². The highest BCUT2D eigenvalue weighted by Gasteiger charge is 2.15. The molecule has 0 aliphatic rings. The normalized spacial score (nSPS) is 10.5. The van der Waals surface area contributed by atoms with Crippen molar-refractivity contribution >= 4 is 40.3 Å². The van der Waals surface area contributed by atoms with Crippen molar-refractivity contribution < 1.29 is 13.9 Å². The number of benzene rings is 1. The number of thiophene rings is 1. The Balaban J connectivity index is 2.19. The van der Waals surface area contributed by atoms with E-state index in [1.54, 1.807) is 6.07 Å². The molecule has 2 nitrogen and oxygen atoms in total. The summed E-state index contributed by atoms with van der Waals surface area (Å²) >= 11 is 12.8. The van der Waals surface area contributed by atoms with Crippen LogP contribution < -0.4 is 4.74 Å². The van der Waals surface area contributed by atoms with Crippen LogP contribution in [0.3, 0.4) is 0 Å². The van der Waals surface area contributed by atoms with Crippen molar-refractivity contribution in [2.24, 2.45) is 0 Å². The number of carbonyl (C=O) groups excluding carboxylic acids is 1. The van der Waals surface area contributed by atoms with Crippen molar-refractivity contribution in [1.29, 1.82) is 0 Å². The average Bonchev–Trinajstić information content (AvgIpc) is 2.69. The van der Waals surface area contributed by atoms with Crippen LogP contribution in [0.25, 0.3) is 0 Å². The summed E-state index contributed by atoms with van der Waals surface area (Å²) in [5.74, 6) is -0.548. The van der Waals surface area contributed by atoms with Gasteiger partial charge in [0.15, 0.2) is 17.3 Å². The summed E-state index contributed by atoms with van der Waals surface area (Å²) in [5, 5.41) is 0. The van der Waals surface area contributed by atoms with Crippen LogP contribution in [0, 0.1) is 5.82 Å². The van der Waals surface area contributed by atoms with Crippen LogP contribution in [0.2, 0.25) is 8.67 Å². The van der Waals surface area contributed by atoms with E-state index in [0.29, 0.717) is 19.8 Å². The zero-order valence-electron chi connectivity index (χ0n) is 9.88. The molecule has 0 aliphatic heterocycles. The molecule has 0 saturated carbocycles. The molecule has 1 aromatic carbocycles. The van der Waals surface area contributed by atoms with Crippen molar-refractivity contribution in [2.75, 3.05) is 7.11 Å². The second kappa shape index (κ2) is 5.90. The molecular formula is C13H9Cl2FO2S. The first-order valence-electron chi connectivity index (χ1n) is 5.31. The maximum atomic E-state index is 13.5. The Kier molecular flexibility index (Phi) is 4.45. The van der Waals surface area contributed by atoms with E-state index >= 15 is 0 Å². The summed E-state index contributed by atoms with van der Waals surface area (Å²) in [7, 11) is 1.39. The summed E-state index contributed by atoms with van der Waals surface area (Å²) in [6.07, 6.45) is 0.0632. The lowest BCUT2D eigenvalue weighted by atomic mass is 10.1. The largest absolute Gasteiger partial charge is 0.494 e. The summed E-state index contributed by atoms with van der Waals surface area (Å²) in [6, 6.07) is 5.93. The third kappa shape index (κ3) is 3.26. The molecule has 1 heterocycles. The minimum Gasteiger partial charge on any atom is -0.494 e. The minimum absolute atomic E-state index is 0.0632. The molecule has 100 valence electrons. The van der Waals surface area contributed by atoms with Crippen molar-refractivity contribution in [3.05, 3.63) is 49.9 Å². The van der Waals surface area contributed by atoms with Gasteiger partial charge < -0.3 is 4.74 Å². The fourth-order valence-electron chi connectivity index (χ4n) is 1.63. The predicted octanol–water partition coefficient (Wildman–Crippen LogP) is 4.63. The monoisotopic (exact) mass is 318 g/mol. The molecule has 2 rings (SSSR count). The second-order valence-corrected chi connectivity index (χ2v) is 6.09. The van der Waals surface area contributed by atoms with E-state index in [2.05, 4.69) is 0 Å². The Morgan fingerprint density at radius 3 is 2.63 bits per heavy atom. The van der Waals surface area contributed by atoms with Crippen molar-refractivity contribution in [2.45, 2.75) is 6.42 Å². The predicted molar refractivity (Wildman–Crippen MR) is 75.3 cm³/mol. The summed E-state index contributed by atoms with van der Waals surface area (Å²) in [4.78, 5) is 12.0. The Hall–Kier alpha value is -1.10. The number of carbonyl (C=O) groups is 1. The minimum atomic E-state index is -0.498. The van der Waals surface area contributed by atoms with Gasteiger partial charge in [-0.1, -0.05) is 29.3 Å². The van der Waals surface area contributed by atoms with Gasteiger partial charge in [0.05, 0.1) is 11.4 Å². The lowest BCUT2D eigenvalue weighted by molar-refractivity contribution is 0.0993. The molecule has 0 radical (unpaired) electrons. The highest BCUT2D eigenvalue weighted by molar-refractivity contribution is 7.20. The first-order valence-corrected chi connectivity index (χ1v) is 6.89. The molecule has 0 N–H and O–H groups in total. The molecule has 0 fully saturated rings. The fraction of sp³-hybridized carbons (Fsp3) is 0.154. The molecular weight excluding hydrogens is 310 g/mol. The molecule has 0 unspecified atom stereocenters. The standard InChI is InChI=1S/C13H9Cl2FO2S/c1-18-11-3-2-7(4-9(11)16)5-10(17)8-6-12(14)19-13(8)15/h2-4,6H,5H2,1H3. The van der Waals surface area contributed by atoms with E-state index in [1.807, 2.05) is 0 Å². The van der Waals surface area contributed by atoms with E-state index in [0.717, 1.165) is 11.3 Å². The molecule has 2 aromatic rings. The summed E-state index contributed by atoms with van der Waals surface area (Å²) in [5.41, 5.74) is 0.926. The van der Waals surface area contributed by atoms with Gasteiger partial charge in [0, 0.05) is 12.0 Å². The van der Waals surface area contributed by atoms with Gasteiger partial charge in [-0.05, 0) is 23.8 Å². The SMILES string of the molecule is COc1ccc(CC(=O)c2cc(Cl)sc2Cl)cc1F. The highest BCUT2D eigenvalue weighted by atomic mass is 35.5. The van der Waals surface area contributed by atoms with Gasteiger partial charge in [-0.15, -0.1) is 11.3 Å². The van der Waals surface area contributed by atoms with E-state index in [4.69, 9.17) is 27.9 Å². The fourth-order valence-corrected chi connectivity index (χ4v) is 3.13. The first-order chi connectivity index (χ1) is 9.01. The number of rotatable bonds is 4. The molecule has 1 aromatic heterocycles. The van der Waals surface area contributed by atoms with Gasteiger partial charge in [0.25, 0.3) is 0 Å². The number of halogens is 3. The quantitative estimate of drug-likeness (QED) is 0.768. The third-order valence-electron chi connectivity index (χ3n) is 2.54. The van der Waals surface area contributed by atoms with Crippen LogP contribution in [0.4, 0.5) is 4.39 Å². The van der Waals surface area contributed by atoms with Crippen molar-refractivity contribution in [1.82, 2.24) is 0 Å². The first kappa shape index (κ1) is 14.3. The Labute approximate surface area is 123 Å². The number of methoxy groups -OCH3 is 1. The number of ketones is 1. The van der Waals surface area contributed by atoms with Crippen LogP contribution in [0.1, 0.15) is 15.9 Å². The van der Waals surface area contributed by atoms with Crippen LogP contribution in [0.5, 0.6) is 5.75 Å². The van der Waals surface area contributed by atoms with Gasteiger partial charge in [-0.25, -0.2) is 4.39 Å². The summed E-state index contributed by atoms with van der Waals surface area (Å²) in [6.45, 7) is 0. The molecule has 19 heavy (non-hydrogen) atoms.